The minimum Gasteiger partial charge on any atom is -0.377 e. The van der Waals surface area contributed by atoms with Crippen LogP contribution in [0.3, 0.4) is 0 Å². The molecule has 0 atom stereocenters. The summed E-state index contributed by atoms with van der Waals surface area (Å²) in [6.07, 6.45) is 1.09. The Balaban J connectivity index is 3.63. The molecule has 104 valence electrons. The summed E-state index contributed by atoms with van der Waals surface area (Å²) in [5, 5.41) is 0. The smallest absolute Gasteiger partial charge is 0.377 e. The van der Waals surface area contributed by atoms with Crippen molar-refractivity contribution < 1.29 is 17.8 Å². The highest BCUT2D eigenvalue weighted by atomic mass is 32.2. The summed E-state index contributed by atoms with van der Waals surface area (Å²) < 4.78 is 17.2. The number of rotatable bonds is 10. The van der Waals surface area contributed by atoms with Crippen molar-refractivity contribution in [2.24, 2.45) is 0 Å². The van der Waals surface area contributed by atoms with E-state index in [0.29, 0.717) is 0 Å². The third-order valence-corrected chi connectivity index (χ3v) is 6.49. The molecule has 0 unspecified atom stereocenters. The second kappa shape index (κ2) is 8.50. The van der Waals surface area contributed by atoms with Gasteiger partial charge in [0.15, 0.2) is 0 Å². The van der Waals surface area contributed by atoms with Crippen molar-refractivity contribution in [1.29, 1.82) is 0 Å². The van der Waals surface area contributed by atoms with Crippen LogP contribution in [-0.2, 0) is 13.3 Å². The van der Waals surface area contributed by atoms with Crippen LogP contribution in [0.5, 0.6) is 0 Å². The van der Waals surface area contributed by atoms with Gasteiger partial charge in [0, 0.05) is 33.1 Å². The monoisotopic (exact) mass is 282 g/mol. The molecule has 0 aromatic rings. The molecule has 0 rings (SSSR count). The first-order chi connectivity index (χ1) is 7.89. The van der Waals surface area contributed by atoms with Gasteiger partial charge in [-0.1, -0.05) is 0 Å². The van der Waals surface area contributed by atoms with E-state index in [9.17, 15) is 0 Å². The first-order valence-corrected chi connectivity index (χ1v) is 9.01. The molecule has 0 aliphatic heterocycles. The molecule has 0 amide bonds. The first-order valence-electron chi connectivity index (χ1n) is 5.93. The molecule has 0 aromatic heterocycles. The van der Waals surface area contributed by atoms with E-state index >= 15 is 0 Å². The van der Waals surface area contributed by atoms with E-state index in [-0.39, 0.29) is 0 Å². The van der Waals surface area contributed by atoms with Crippen molar-refractivity contribution in [2.75, 3.05) is 60.5 Å². The van der Waals surface area contributed by atoms with E-state index in [4.69, 9.17) is 13.3 Å². The van der Waals surface area contributed by atoms with Crippen molar-refractivity contribution in [3.8, 4) is 0 Å². The largest absolute Gasteiger partial charge is 0.500 e. The van der Waals surface area contributed by atoms with Crippen LogP contribution >= 0.6 is 11.8 Å². The van der Waals surface area contributed by atoms with Crippen LogP contribution in [0.4, 0.5) is 0 Å². The summed E-state index contributed by atoms with van der Waals surface area (Å²) in [7, 11) is 9.34. The average Bonchev–Trinajstić information content (AvgIpc) is 2.28. The highest BCUT2D eigenvalue weighted by Gasteiger charge is 2.36. The third-order valence-electron chi connectivity index (χ3n) is 2.61. The molecule has 4 nitrogen and oxygen atoms in total. The fourth-order valence-electron chi connectivity index (χ4n) is 1.39. The van der Waals surface area contributed by atoms with E-state index in [1.165, 1.54) is 12.3 Å². The third kappa shape index (κ3) is 8.18. The number of thioether (sulfide) groups is 1. The lowest BCUT2D eigenvalue weighted by atomic mass is 10.6. The lowest BCUT2D eigenvalue weighted by molar-refractivity contribution is -0.867. The quantitative estimate of drug-likeness (QED) is 0.346. The van der Waals surface area contributed by atoms with Gasteiger partial charge >= 0.3 is 8.80 Å². The van der Waals surface area contributed by atoms with E-state index < -0.39 is 8.80 Å². The maximum Gasteiger partial charge on any atom is 0.500 e. The van der Waals surface area contributed by atoms with Gasteiger partial charge in [-0.2, -0.15) is 11.8 Å². The fraction of sp³-hybridized carbons (Fsp3) is 1.00. The Labute approximate surface area is 112 Å². The van der Waals surface area contributed by atoms with Gasteiger partial charge in [0.05, 0.1) is 27.7 Å². The van der Waals surface area contributed by atoms with Crippen LogP contribution in [0.1, 0.15) is 6.42 Å². The zero-order chi connectivity index (χ0) is 13.4. The van der Waals surface area contributed by atoms with Crippen LogP contribution in [0.2, 0.25) is 6.04 Å². The van der Waals surface area contributed by atoms with Gasteiger partial charge in [0.25, 0.3) is 0 Å². The molecule has 17 heavy (non-hydrogen) atoms. The summed E-state index contributed by atoms with van der Waals surface area (Å²) in [5.41, 5.74) is 0. The highest BCUT2D eigenvalue weighted by Crippen LogP contribution is 2.17. The molecule has 0 spiro atoms. The van der Waals surface area contributed by atoms with E-state index in [2.05, 4.69) is 21.1 Å². The Kier molecular flexibility index (Phi) is 8.70. The minimum atomic E-state index is -2.33. The molecule has 0 aliphatic carbocycles. The minimum absolute atomic E-state index is 0.897. The lowest BCUT2D eigenvalue weighted by Gasteiger charge is -2.25. The molecule has 0 bridgehead atoms. The highest BCUT2D eigenvalue weighted by molar-refractivity contribution is 7.99. The Hall–Kier alpha value is 0.407. The van der Waals surface area contributed by atoms with E-state index in [1.807, 2.05) is 11.8 Å². The summed E-state index contributed by atoms with van der Waals surface area (Å²) >= 11 is 1.99. The van der Waals surface area contributed by atoms with Crippen LogP contribution in [0.15, 0.2) is 0 Å². The van der Waals surface area contributed by atoms with Gasteiger partial charge in [-0.25, -0.2) is 0 Å². The molecule has 0 radical (unpaired) electrons. The molecule has 0 fully saturated rings. The maximum atomic E-state index is 5.38. The molecule has 0 heterocycles. The second-order valence-corrected chi connectivity index (χ2v) is 9.34. The molecule has 0 N–H and O–H groups in total. The van der Waals surface area contributed by atoms with Gasteiger partial charge in [-0.15, -0.1) is 0 Å². The predicted octanol–water partition coefficient (Wildman–Crippen LogP) is 1.69. The number of hydrogen-bond donors (Lipinski definition) is 0. The van der Waals surface area contributed by atoms with Gasteiger partial charge in [0.1, 0.15) is 0 Å². The second-order valence-electron chi connectivity index (χ2n) is 5.03. The molecular weight excluding hydrogens is 254 g/mol. The summed E-state index contributed by atoms with van der Waals surface area (Å²) in [6.45, 7) is 1.20. The van der Waals surface area contributed by atoms with Crippen molar-refractivity contribution in [3.63, 3.8) is 0 Å². The number of hydrogen-bond acceptors (Lipinski definition) is 4. The summed E-state index contributed by atoms with van der Waals surface area (Å²) in [4.78, 5) is 0. The fourth-order valence-corrected chi connectivity index (χ4v) is 4.60. The number of quaternary nitrogens is 1. The number of nitrogens with zero attached hydrogens (tertiary/aromatic N) is 1. The Morgan fingerprint density at radius 2 is 1.47 bits per heavy atom. The Bertz CT molecular complexity index is 187. The molecule has 0 saturated carbocycles. The molecule has 0 saturated heterocycles. The summed E-state index contributed by atoms with van der Waals surface area (Å²) in [6, 6.07) is 0.897. The predicted molar refractivity (Wildman–Crippen MR) is 76.4 cm³/mol. The van der Waals surface area contributed by atoms with Crippen molar-refractivity contribution in [1.82, 2.24) is 0 Å². The van der Waals surface area contributed by atoms with Gasteiger partial charge in [-0.3, -0.25) is 0 Å². The summed E-state index contributed by atoms with van der Waals surface area (Å²) in [5.74, 6) is 2.34. The molecule has 6 heteroatoms. The van der Waals surface area contributed by atoms with Crippen LogP contribution in [-0.4, -0.2) is 73.8 Å². The van der Waals surface area contributed by atoms with Gasteiger partial charge in [0.2, 0.25) is 0 Å². The van der Waals surface area contributed by atoms with Crippen molar-refractivity contribution >= 4 is 20.6 Å². The van der Waals surface area contributed by atoms with Gasteiger partial charge in [-0.05, 0) is 12.2 Å². The normalized spacial score (nSPS) is 13.1. The van der Waals surface area contributed by atoms with Crippen molar-refractivity contribution in [3.05, 3.63) is 0 Å². The Morgan fingerprint density at radius 3 is 1.88 bits per heavy atom. The standard InChI is InChI=1S/C11H28NO3SSi/c1-12(2,3)8-10-16-9-7-11-17(13-4,14-5)15-6/h7-11H2,1-6H3/q+1. The SMILES string of the molecule is CO[Si](CCCSCC[N+](C)(C)C)(OC)OC. The van der Waals surface area contributed by atoms with E-state index in [1.54, 1.807) is 21.3 Å². The van der Waals surface area contributed by atoms with Gasteiger partial charge < -0.3 is 17.8 Å². The average molecular weight is 283 g/mol. The van der Waals surface area contributed by atoms with Crippen molar-refractivity contribution in [2.45, 2.75) is 12.5 Å². The first kappa shape index (κ1) is 17.4. The molecular formula is C11H28NO3SSi+. The maximum absolute atomic E-state index is 5.38. The van der Waals surface area contributed by atoms with E-state index in [0.717, 1.165) is 22.7 Å². The topological polar surface area (TPSA) is 27.7 Å². The Morgan fingerprint density at radius 1 is 0.941 bits per heavy atom. The van der Waals surface area contributed by atoms with Crippen LogP contribution in [0, 0.1) is 0 Å². The zero-order valence-corrected chi connectivity index (χ0v) is 13.9. The van der Waals surface area contributed by atoms with Crippen LogP contribution < -0.4 is 0 Å². The van der Waals surface area contributed by atoms with Crippen LogP contribution in [0.25, 0.3) is 0 Å². The lowest BCUT2D eigenvalue weighted by Crippen LogP contribution is -2.42. The zero-order valence-electron chi connectivity index (χ0n) is 12.1. The molecule has 0 aromatic carbocycles. The molecule has 0 aliphatic rings.